The van der Waals surface area contributed by atoms with Gasteiger partial charge in [0.15, 0.2) is 0 Å². The van der Waals surface area contributed by atoms with Crippen LogP contribution in [0.5, 0.6) is 0 Å². The molecule has 0 aliphatic carbocycles. The molecule has 2 N–H and O–H groups in total. The normalized spacial score (nSPS) is 14.0. The summed E-state index contributed by atoms with van der Waals surface area (Å²) in [6.07, 6.45) is -2.06. The first-order valence-corrected chi connectivity index (χ1v) is 7.34. The summed E-state index contributed by atoms with van der Waals surface area (Å²) in [7, 11) is 0. The number of hydrogen-bond donors (Lipinski definition) is 2. The van der Waals surface area contributed by atoms with Crippen LogP contribution in [0.4, 0.5) is 18.0 Å². The van der Waals surface area contributed by atoms with E-state index in [1.54, 1.807) is 37.3 Å². The second-order valence-corrected chi connectivity index (χ2v) is 5.42. The average Bonchev–Trinajstić information content (AvgIpc) is 2.99. The Labute approximate surface area is 137 Å². The Morgan fingerprint density at radius 2 is 1.96 bits per heavy atom. The van der Waals surface area contributed by atoms with Gasteiger partial charge in [0.05, 0.1) is 6.54 Å². The Bertz CT molecular complexity index is 630. The molecule has 0 fully saturated rings. The van der Waals surface area contributed by atoms with Crippen LogP contribution >= 0.6 is 0 Å². The number of carbonyl (C=O) groups is 1. The Kier molecular flexibility index (Phi) is 5.78. The minimum Gasteiger partial charge on any atom is -0.334 e. The highest BCUT2D eigenvalue weighted by molar-refractivity contribution is 5.74. The van der Waals surface area contributed by atoms with Gasteiger partial charge < -0.3 is 10.6 Å². The minimum atomic E-state index is -4.54. The van der Waals surface area contributed by atoms with Crippen molar-refractivity contribution in [3.05, 3.63) is 48.5 Å². The van der Waals surface area contributed by atoms with E-state index in [1.807, 2.05) is 5.32 Å². The van der Waals surface area contributed by atoms with E-state index in [4.69, 9.17) is 0 Å². The van der Waals surface area contributed by atoms with Gasteiger partial charge in [0, 0.05) is 12.5 Å². The Morgan fingerprint density at radius 1 is 1.25 bits per heavy atom. The number of urea groups is 1. The van der Waals surface area contributed by atoms with E-state index in [9.17, 15) is 18.0 Å². The van der Waals surface area contributed by atoms with Gasteiger partial charge in [-0.15, -0.1) is 0 Å². The van der Waals surface area contributed by atoms with Gasteiger partial charge in [-0.3, -0.25) is 4.68 Å². The molecule has 2 atom stereocenters. The third kappa shape index (κ3) is 5.56. The predicted molar refractivity (Wildman–Crippen MR) is 81.1 cm³/mol. The molecule has 2 amide bonds. The van der Waals surface area contributed by atoms with E-state index in [0.717, 1.165) is 0 Å². The first kappa shape index (κ1) is 17.8. The molecule has 0 unspecified atom stereocenters. The molecule has 6 nitrogen and oxygen atoms in total. The summed E-state index contributed by atoms with van der Waals surface area (Å²) in [5, 5.41) is 8.34. The zero-order chi connectivity index (χ0) is 17.6. The largest absolute Gasteiger partial charge is 0.408 e. The van der Waals surface area contributed by atoms with Crippen molar-refractivity contribution in [3.8, 4) is 0 Å². The molecule has 0 saturated heterocycles. The number of carbonyl (C=O) groups excluding carboxylic acids is 1. The highest BCUT2D eigenvalue weighted by Gasteiger charge is 2.40. The molecule has 24 heavy (non-hydrogen) atoms. The molecule has 1 aromatic heterocycles. The van der Waals surface area contributed by atoms with Gasteiger partial charge in [-0.25, -0.2) is 9.78 Å². The number of aromatic nitrogens is 3. The van der Waals surface area contributed by atoms with Gasteiger partial charge in [-0.2, -0.15) is 18.3 Å². The number of hydrogen-bond acceptors (Lipinski definition) is 3. The van der Waals surface area contributed by atoms with Gasteiger partial charge in [0.1, 0.15) is 18.7 Å². The molecule has 130 valence electrons. The van der Waals surface area contributed by atoms with Crippen molar-refractivity contribution in [2.45, 2.75) is 38.1 Å². The van der Waals surface area contributed by atoms with Gasteiger partial charge in [0.25, 0.3) is 0 Å². The molecule has 0 aliphatic heterocycles. The Hall–Kier alpha value is -2.58. The van der Waals surface area contributed by atoms with Crippen molar-refractivity contribution < 1.29 is 18.0 Å². The number of nitrogens with one attached hydrogen (secondary N) is 2. The Balaban J connectivity index is 1.92. The SMILES string of the molecule is C[C@H](Cn1cncn1)NC(=O)N[C@@H](Cc1ccccc1)C(F)(F)F. The van der Waals surface area contributed by atoms with Crippen LogP contribution < -0.4 is 10.6 Å². The molecule has 1 heterocycles. The third-order valence-electron chi connectivity index (χ3n) is 3.29. The minimum absolute atomic E-state index is 0.308. The standard InChI is InChI=1S/C15H18F3N5O/c1-11(8-23-10-19-9-20-23)21-14(24)22-13(15(16,17)18)7-12-5-3-2-4-6-12/h2-6,9-11,13H,7-8H2,1H3,(H2,21,22,24)/t11-,13+/m1/s1. The number of halogens is 3. The van der Waals surface area contributed by atoms with E-state index in [0.29, 0.717) is 12.1 Å². The highest BCUT2D eigenvalue weighted by Crippen LogP contribution is 2.23. The van der Waals surface area contributed by atoms with Crippen LogP contribution in [-0.2, 0) is 13.0 Å². The third-order valence-corrected chi connectivity index (χ3v) is 3.29. The summed E-state index contributed by atoms with van der Waals surface area (Å²) in [4.78, 5) is 15.6. The first-order chi connectivity index (χ1) is 11.3. The summed E-state index contributed by atoms with van der Waals surface area (Å²) in [6, 6.07) is 4.97. The Morgan fingerprint density at radius 3 is 2.54 bits per heavy atom. The van der Waals surface area contributed by atoms with Gasteiger partial charge >= 0.3 is 12.2 Å². The molecule has 0 bridgehead atoms. The van der Waals surface area contributed by atoms with Crippen molar-refractivity contribution in [1.82, 2.24) is 25.4 Å². The maximum absolute atomic E-state index is 13.1. The van der Waals surface area contributed by atoms with E-state index in [2.05, 4.69) is 15.4 Å². The number of alkyl halides is 3. The van der Waals surface area contributed by atoms with E-state index in [1.165, 1.54) is 17.3 Å². The van der Waals surface area contributed by atoms with E-state index < -0.39 is 24.3 Å². The number of benzene rings is 1. The number of amides is 2. The molecule has 1 aromatic carbocycles. The molecule has 9 heteroatoms. The fraction of sp³-hybridized carbons (Fsp3) is 0.400. The zero-order valence-electron chi connectivity index (χ0n) is 13.0. The second kappa shape index (κ2) is 7.80. The molecular formula is C15H18F3N5O. The van der Waals surface area contributed by atoms with Crippen LogP contribution in [0.3, 0.4) is 0 Å². The molecule has 2 aromatic rings. The maximum Gasteiger partial charge on any atom is 0.408 e. The van der Waals surface area contributed by atoms with Crippen LogP contribution in [0.2, 0.25) is 0 Å². The summed E-state index contributed by atoms with van der Waals surface area (Å²) >= 11 is 0. The quantitative estimate of drug-likeness (QED) is 0.846. The van der Waals surface area contributed by atoms with Crippen molar-refractivity contribution in [2.24, 2.45) is 0 Å². The topological polar surface area (TPSA) is 71.8 Å². The van der Waals surface area contributed by atoms with Gasteiger partial charge in [-0.05, 0) is 12.5 Å². The molecule has 0 saturated carbocycles. The molecular weight excluding hydrogens is 323 g/mol. The van der Waals surface area contributed by atoms with E-state index >= 15 is 0 Å². The zero-order valence-corrected chi connectivity index (χ0v) is 13.0. The molecule has 2 rings (SSSR count). The lowest BCUT2D eigenvalue weighted by molar-refractivity contribution is -0.152. The number of nitrogens with zero attached hydrogens (tertiary/aromatic N) is 3. The van der Waals surface area contributed by atoms with Crippen LogP contribution in [-0.4, -0.2) is 39.1 Å². The summed E-state index contributed by atoms with van der Waals surface area (Å²) in [5.74, 6) is 0. The molecule has 0 radical (unpaired) electrons. The lowest BCUT2D eigenvalue weighted by Crippen LogP contribution is -2.52. The lowest BCUT2D eigenvalue weighted by Gasteiger charge is -2.23. The van der Waals surface area contributed by atoms with Crippen LogP contribution in [0.1, 0.15) is 12.5 Å². The summed E-state index contributed by atoms with van der Waals surface area (Å²) in [5.41, 5.74) is 0.496. The highest BCUT2D eigenvalue weighted by atomic mass is 19.4. The smallest absolute Gasteiger partial charge is 0.334 e. The first-order valence-electron chi connectivity index (χ1n) is 7.34. The molecule has 0 aliphatic rings. The fourth-order valence-electron chi connectivity index (χ4n) is 2.18. The maximum atomic E-state index is 13.1. The second-order valence-electron chi connectivity index (χ2n) is 5.42. The predicted octanol–water partition coefficient (Wildman–Crippen LogP) is 2.14. The van der Waals surface area contributed by atoms with Crippen molar-refractivity contribution in [2.75, 3.05) is 0 Å². The van der Waals surface area contributed by atoms with Crippen LogP contribution in [0.25, 0.3) is 0 Å². The van der Waals surface area contributed by atoms with Crippen molar-refractivity contribution in [3.63, 3.8) is 0 Å². The van der Waals surface area contributed by atoms with Crippen molar-refractivity contribution in [1.29, 1.82) is 0 Å². The van der Waals surface area contributed by atoms with E-state index in [-0.39, 0.29) is 6.42 Å². The molecule has 0 spiro atoms. The summed E-state index contributed by atoms with van der Waals surface area (Å²) in [6.45, 7) is 1.98. The van der Waals surface area contributed by atoms with Crippen molar-refractivity contribution >= 4 is 6.03 Å². The van der Waals surface area contributed by atoms with Gasteiger partial charge in [-0.1, -0.05) is 30.3 Å². The van der Waals surface area contributed by atoms with Crippen LogP contribution in [0.15, 0.2) is 43.0 Å². The summed E-state index contributed by atoms with van der Waals surface area (Å²) < 4.78 is 40.9. The van der Waals surface area contributed by atoms with Crippen LogP contribution in [0, 0.1) is 0 Å². The lowest BCUT2D eigenvalue weighted by atomic mass is 10.1. The average molecular weight is 341 g/mol. The number of rotatable bonds is 6. The monoisotopic (exact) mass is 341 g/mol. The van der Waals surface area contributed by atoms with Gasteiger partial charge in [0.2, 0.25) is 0 Å². The fourth-order valence-corrected chi connectivity index (χ4v) is 2.18.